The summed E-state index contributed by atoms with van der Waals surface area (Å²) in [5, 5.41) is 4.84. The highest BCUT2D eigenvalue weighted by molar-refractivity contribution is 6.08. The summed E-state index contributed by atoms with van der Waals surface area (Å²) >= 11 is 0. The van der Waals surface area contributed by atoms with Crippen molar-refractivity contribution in [1.82, 2.24) is 15.5 Å². The number of hydrogen-bond donors (Lipinski definition) is 2. The van der Waals surface area contributed by atoms with Crippen LogP contribution >= 0.6 is 0 Å². The van der Waals surface area contributed by atoms with E-state index in [1.54, 1.807) is 29.2 Å². The minimum absolute atomic E-state index is 0.181. The molecule has 2 aliphatic rings. The lowest BCUT2D eigenvalue weighted by molar-refractivity contribution is -0.123. The van der Waals surface area contributed by atoms with E-state index >= 15 is 0 Å². The van der Waals surface area contributed by atoms with E-state index in [0.29, 0.717) is 24.3 Å². The van der Waals surface area contributed by atoms with Crippen LogP contribution in [-0.2, 0) is 4.79 Å². The summed E-state index contributed by atoms with van der Waals surface area (Å²) in [5.41, 5.74) is -0.484. The number of imide groups is 1. The summed E-state index contributed by atoms with van der Waals surface area (Å²) in [4.78, 5) is 37.2. The Hall–Kier alpha value is -2.57. The van der Waals surface area contributed by atoms with Gasteiger partial charge in [0.2, 0.25) is 0 Å². The van der Waals surface area contributed by atoms with Crippen LogP contribution in [0.4, 0.5) is 4.79 Å². The van der Waals surface area contributed by atoms with Crippen molar-refractivity contribution in [3.63, 3.8) is 0 Å². The quantitative estimate of drug-likeness (QED) is 0.757. The Morgan fingerprint density at radius 3 is 2.86 bits per heavy atom. The first-order valence-electron chi connectivity index (χ1n) is 6.61. The number of nitrogens with zero attached hydrogens (tertiary/aromatic N) is 1. The molecule has 7 nitrogen and oxygen atoms in total. The topological polar surface area (TPSA) is 87.7 Å². The van der Waals surface area contributed by atoms with Crippen LogP contribution in [0, 0.1) is 0 Å². The molecule has 0 aliphatic carbocycles. The predicted octanol–water partition coefficient (Wildman–Crippen LogP) is 0.119. The molecule has 3 rings (SSSR count). The van der Waals surface area contributed by atoms with Crippen LogP contribution < -0.4 is 15.4 Å². The maximum Gasteiger partial charge on any atom is 0.322 e. The minimum Gasteiger partial charge on any atom is -0.497 e. The number of urea groups is 1. The molecule has 2 fully saturated rings. The summed E-state index contributed by atoms with van der Waals surface area (Å²) < 4.78 is 5.10. The Balaban J connectivity index is 1.78. The highest BCUT2D eigenvalue weighted by Crippen LogP contribution is 2.26. The fourth-order valence-corrected chi connectivity index (χ4v) is 2.74. The Morgan fingerprint density at radius 1 is 1.38 bits per heavy atom. The van der Waals surface area contributed by atoms with Gasteiger partial charge in [-0.15, -0.1) is 0 Å². The van der Waals surface area contributed by atoms with Crippen LogP contribution in [0.1, 0.15) is 16.8 Å². The Bertz CT molecular complexity index is 630. The van der Waals surface area contributed by atoms with Gasteiger partial charge in [-0.05, 0) is 24.6 Å². The molecule has 1 spiro atoms. The van der Waals surface area contributed by atoms with E-state index < -0.39 is 11.6 Å². The number of methoxy groups -OCH3 is 1. The molecule has 1 unspecified atom stereocenters. The van der Waals surface area contributed by atoms with E-state index in [4.69, 9.17) is 4.74 Å². The molecule has 2 aliphatic heterocycles. The average molecular weight is 289 g/mol. The third-order valence-electron chi connectivity index (χ3n) is 3.89. The number of hydrogen-bond acceptors (Lipinski definition) is 4. The van der Waals surface area contributed by atoms with Gasteiger partial charge in [0.25, 0.3) is 11.8 Å². The number of likely N-dealkylation sites (tertiary alicyclic amines) is 1. The van der Waals surface area contributed by atoms with E-state index in [0.717, 1.165) is 0 Å². The van der Waals surface area contributed by atoms with Crippen molar-refractivity contribution in [2.24, 2.45) is 0 Å². The molecule has 4 amide bonds. The van der Waals surface area contributed by atoms with Crippen LogP contribution in [0.5, 0.6) is 5.75 Å². The lowest BCUT2D eigenvalue weighted by Crippen LogP contribution is -2.49. The summed E-state index contributed by atoms with van der Waals surface area (Å²) in [6.45, 7) is 0.602. The van der Waals surface area contributed by atoms with Gasteiger partial charge in [0.05, 0.1) is 13.7 Å². The average Bonchev–Trinajstić information content (AvgIpc) is 3.03. The molecular formula is C14H15N3O4. The normalized spacial score (nSPS) is 24.1. The van der Waals surface area contributed by atoms with Gasteiger partial charge in [0.1, 0.15) is 11.3 Å². The largest absolute Gasteiger partial charge is 0.497 e. The van der Waals surface area contributed by atoms with Gasteiger partial charge in [0, 0.05) is 12.1 Å². The molecule has 21 heavy (non-hydrogen) atoms. The molecule has 0 aromatic heterocycles. The van der Waals surface area contributed by atoms with E-state index in [2.05, 4.69) is 10.6 Å². The first kappa shape index (κ1) is 13.4. The first-order chi connectivity index (χ1) is 10.0. The van der Waals surface area contributed by atoms with Gasteiger partial charge >= 0.3 is 6.03 Å². The van der Waals surface area contributed by atoms with Crippen LogP contribution in [0.15, 0.2) is 24.3 Å². The maximum absolute atomic E-state index is 12.5. The number of carbonyl (C=O) groups is 3. The molecule has 1 atom stereocenters. The summed E-state index contributed by atoms with van der Waals surface area (Å²) in [7, 11) is 1.53. The van der Waals surface area contributed by atoms with Crippen molar-refractivity contribution in [2.75, 3.05) is 20.2 Å². The van der Waals surface area contributed by atoms with Gasteiger partial charge in [-0.3, -0.25) is 14.9 Å². The lowest BCUT2D eigenvalue weighted by Gasteiger charge is -2.21. The molecule has 0 bridgehead atoms. The van der Waals surface area contributed by atoms with E-state index in [1.807, 2.05) is 0 Å². The molecule has 0 saturated carbocycles. The zero-order valence-electron chi connectivity index (χ0n) is 11.5. The fourth-order valence-electron chi connectivity index (χ4n) is 2.74. The smallest absolute Gasteiger partial charge is 0.322 e. The molecular weight excluding hydrogens is 274 g/mol. The van der Waals surface area contributed by atoms with Gasteiger partial charge in [-0.2, -0.15) is 0 Å². The number of carbonyl (C=O) groups excluding carboxylic acids is 3. The van der Waals surface area contributed by atoms with Gasteiger partial charge in [-0.25, -0.2) is 4.79 Å². The van der Waals surface area contributed by atoms with Crippen LogP contribution in [-0.4, -0.2) is 48.5 Å². The van der Waals surface area contributed by atoms with Crippen molar-refractivity contribution >= 4 is 17.8 Å². The molecule has 2 N–H and O–H groups in total. The van der Waals surface area contributed by atoms with E-state index in [1.165, 1.54) is 7.11 Å². The lowest BCUT2D eigenvalue weighted by atomic mass is 9.99. The number of benzene rings is 1. The summed E-state index contributed by atoms with van der Waals surface area (Å²) in [6, 6.07) is 6.34. The predicted molar refractivity (Wildman–Crippen MR) is 72.9 cm³/mol. The Morgan fingerprint density at radius 2 is 2.19 bits per heavy atom. The minimum atomic E-state index is -0.981. The monoisotopic (exact) mass is 289 g/mol. The highest BCUT2D eigenvalue weighted by atomic mass is 16.5. The summed E-state index contributed by atoms with van der Waals surface area (Å²) in [6.07, 6.45) is 0.417. The number of nitrogens with one attached hydrogen (secondary N) is 2. The third-order valence-corrected chi connectivity index (χ3v) is 3.89. The standard InChI is InChI=1S/C14H15N3O4/c1-21-10-4-2-3-9(7-10)11(18)17-6-5-14(8-17)12(19)15-13(20)16-14/h2-4,7H,5-6,8H2,1H3,(H2,15,16,19,20). The van der Waals surface area contributed by atoms with Crippen molar-refractivity contribution < 1.29 is 19.1 Å². The SMILES string of the molecule is COc1cccc(C(=O)N2CCC3(C2)NC(=O)NC3=O)c1. The van der Waals surface area contributed by atoms with Crippen molar-refractivity contribution in [3.8, 4) is 5.75 Å². The second-order valence-corrected chi connectivity index (χ2v) is 5.20. The summed E-state index contributed by atoms with van der Waals surface area (Å²) in [5.74, 6) is 0.0508. The van der Waals surface area contributed by atoms with E-state index in [-0.39, 0.29) is 18.4 Å². The number of rotatable bonds is 2. The number of ether oxygens (including phenoxy) is 1. The molecule has 2 heterocycles. The molecule has 0 radical (unpaired) electrons. The zero-order valence-corrected chi connectivity index (χ0v) is 11.5. The first-order valence-corrected chi connectivity index (χ1v) is 6.61. The maximum atomic E-state index is 12.5. The molecule has 1 aromatic rings. The second kappa shape index (κ2) is 4.76. The van der Waals surface area contributed by atoms with Crippen LogP contribution in [0.3, 0.4) is 0 Å². The van der Waals surface area contributed by atoms with Crippen molar-refractivity contribution in [3.05, 3.63) is 29.8 Å². The van der Waals surface area contributed by atoms with Gasteiger partial charge in [0.15, 0.2) is 0 Å². The number of amides is 4. The Labute approximate surface area is 121 Å². The fraction of sp³-hybridized carbons (Fsp3) is 0.357. The van der Waals surface area contributed by atoms with Gasteiger partial charge < -0.3 is 15.0 Å². The Kier molecular flexibility index (Phi) is 3.04. The van der Waals surface area contributed by atoms with Crippen molar-refractivity contribution in [1.29, 1.82) is 0 Å². The molecule has 7 heteroatoms. The second-order valence-electron chi connectivity index (χ2n) is 5.20. The highest BCUT2D eigenvalue weighted by Gasteiger charge is 2.51. The van der Waals surface area contributed by atoms with Gasteiger partial charge in [-0.1, -0.05) is 6.07 Å². The van der Waals surface area contributed by atoms with Crippen LogP contribution in [0.2, 0.25) is 0 Å². The molecule has 110 valence electrons. The van der Waals surface area contributed by atoms with E-state index in [9.17, 15) is 14.4 Å². The van der Waals surface area contributed by atoms with Crippen LogP contribution in [0.25, 0.3) is 0 Å². The zero-order chi connectivity index (χ0) is 15.0. The molecule has 2 saturated heterocycles. The molecule has 1 aromatic carbocycles. The third kappa shape index (κ3) is 2.20. The van der Waals surface area contributed by atoms with Crippen molar-refractivity contribution in [2.45, 2.75) is 12.0 Å².